The molecular formula is C23H19ClN2O. The number of hydrogen-bond acceptors (Lipinski definition) is 2. The normalized spacial score (nSPS) is 9.81. The summed E-state index contributed by atoms with van der Waals surface area (Å²) in [6, 6.07) is 25.0. The van der Waals surface area contributed by atoms with Gasteiger partial charge in [0.25, 0.3) is 0 Å². The van der Waals surface area contributed by atoms with E-state index >= 15 is 0 Å². The van der Waals surface area contributed by atoms with Gasteiger partial charge in [-0.1, -0.05) is 59.8 Å². The lowest BCUT2D eigenvalue weighted by Gasteiger charge is -2.08. The predicted molar refractivity (Wildman–Crippen MR) is 111 cm³/mol. The molecule has 0 aliphatic heterocycles. The number of benzene rings is 3. The molecule has 1 amide bonds. The molecule has 134 valence electrons. The predicted octanol–water partition coefficient (Wildman–Crippen LogP) is 4.47. The Labute approximate surface area is 164 Å². The number of anilines is 1. The molecule has 3 aromatic carbocycles. The highest BCUT2D eigenvalue weighted by atomic mass is 35.5. The minimum absolute atomic E-state index is 0.0780. The molecule has 3 aromatic rings. The zero-order valence-corrected chi connectivity index (χ0v) is 15.5. The van der Waals surface area contributed by atoms with Crippen molar-refractivity contribution in [2.75, 3.05) is 11.9 Å². The molecule has 4 heteroatoms. The summed E-state index contributed by atoms with van der Waals surface area (Å²) in [5.41, 5.74) is 3.73. The Hall–Kier alpha value is -3.22. The third kappa shape index (κ3) is 6.22. The number of rotatable bonds is 5. The smallest absolute Gasteiger partial charge is 0.239 e. The number of amides is 1. The summed E-state index contributed by atoms with van der Waals surface area (Å²) in [6.45, 7) is 0.670. The van der Waals surface area contributed by atoms with E-state index in [-0.39, 0.29) is 12.5 Å². The van der Waals surface area contributed by atoms with Gasteiger partial charge in [0, 0.05) is 28.4 Å². The van der Waals surface area contributed by atoms with E-state index < -0.39 is 0 Å². The van der Waals surface area contributed by atoms with E-state index in [9.17, 15) is 4.79 Å². The zero-order valence-electron chi connectivity index (χ0n) is 14.7. The molecule has 2 N–H and O–H groups in total. The molecule has 0 unspecified atom stereocenters. The summed E-state index contributed by atoms with van der Waals surface area (Å²) in [5, 5.41) is 6.69. The van der Waals surface area contributed by atoms with Crippen LogP contribution in [0.4, 0.5) is 5.69 Å². The van der Waals surface area contributed by atoms with Crippen LogP contribution >= 0.6 is 11.6 Å². The number of carbonyl (C=O) groups is 1. The van der Waals surface area contributed by atoms with Crippen LogP contribution in [0.2, 0.25) is 5.02 Å². The molecule has 0 saturated carbocycles. The SMILES string of the molecule is O=C(CNc1cccc(C#Cc2ccccc2)c1)NCc1ccc(Cl)cc1. The fourth-order valence-electron chi connectivity index (χ4n) is 2.42. The second kappa shape index (κ2) is 9.47. The van der Waals surface area contributed by atoms with Crippen molar-refractivity contribution in [3.63, 3.8) is 0 Å². The van der Waals surface area contributed by atoms with Crippen molar-refractivity contribution in [3.8, 4) is 11.8 Å². The summed E-state index contributed by atoms with van der Waals surface area (Å²) in [5.74, 6) is 6.19. The maximum Gasteiger partial charge on any atom is 0.239 e. The van der Waals surface area contributed by atoms with E-state index in [0.29, 0.717) is 11.6 Å². The van der Waals surface area contributed by atoms with Crippen molar-refractivity contribution in [2.24, 2.45) is 0 Å². The van der Waals surface area contributed by atoms with E-state index in [2.05, 4.69) is 22.5 Å². The number of hydrogen-bond donors (Lipinski definition) is 2. The third-order valence-electron chi connectivity index (χ3n) is 3.84. The highest BCUT2D eigenvalue weighted by Gasteiger charge is 2.02. The average Bonchev–Trinajstić information content (AvgIpc) is 2.71. The molecule has 0 aliphatic rings. The van der Waals surface area contributed by atoms with Crippen molar-refractivity contribution in [1.29, 1.82) is 0 Å². The van der Waals surface area contributed by atoms with Crippen LogP contribution in [0.5, 0.6) is 0 Å². The highest BCUT2D eigenvalue weighted by molar-refractivity contribution is 6.30. The maximum absolute atomic E-state index is 12.0. The Morgan fingerprint density at radius 1 is 0.852 bits per heavy atom. The average molecular weight is 375 g/mol. The van der Waals surface area contributed by atoms with Gasteiger partial charge in [-0.2, -0.15) is 0 Å². The Morgan fingerprint density at radius 3 is 2.33 bits per heavy atom. The lowest BCUT2D eigenvalue weighted by molar-refractivity contribution is -0.119. The van der Waals surface area contributed by atoms with Crippen LogP contribution in [0.1, 0.15) is 16.7 Å². The van der Waals surface area contributed by atoms with Crippen LogP contribution in [0.15, 0.2) is 78.9 Å². The number of carbonyl (C=O) groups excluding carboxylic acids is 1. The van der Waals surface area contributed by atoms with Gasteiger partial charge in [0.2, 0.25) is 5.91 Å². The van der Waals surface area contributed by atoms with Gasteiger partial charge in [0.05, 0.1) is 6.54 Å². The molecule has 0 atom stereocenters. The molecule has 0 heterocycles. The molecule has 0 aromatic heterocycles. The van der Waals surface area contributed by atoms with Crippen molar-refractivity contribution >= 4 is 23.2 Å². The van der Waals surface area contributed by atoms with E-state index in [1.54, 1.807) is 0 Å². The van der Waals surface area contributed by atoms with Crippen LogP contribution in [-0.4, -0.2) is 12.5 Å². The van der Waals surface area contributed by atoms with Crippen LogP contribution in [0.3, 0.4) is 0 Å². The fraction of sp³-hybridized carbons (Fsp3) is 0.0870. The Kier molecular flexibility index (Phi) is 6.51. The molecular weight excluding hydrogens is 356 g/mol. The number of halogens is 1. The highest BCUT2D eigenvalue weighted by Crippen LogP contribution is 2.10. The van der Waals surface area contributed by atoms with Gasteiger partial charge in [-0.3, -0.25) is 4.79 Å². The molecule has 3 rings (SSSR count). The van der Waals surface area contributed by atoms with Crippen LogP contribution in [0, 0.1) is 11.8 Å². The molecule has 0 radical (unpaired) electrons. The Morgan fingerprint density at radius 2 is 1.56 bits per heavy atom. The lowest BCUT2D eigenvalue weighted by atomic mass is 10.1. The largest absolute Gasteiger partial charge is 0.376 e. The van der Waals surface area contributed by atoms with Crippen molar-refractivity contribution in [2.45, 2.75) is 6.54 Å². The summed E-state index contributed by atoms with van der Waals surface area (Å²) in [4.78, 5) is 12.0. The molecule has 0 aliphatic carbocycles. The monoisotopic (exact) mass is 374 g/mol. The minimum atomic E-state index is -0.0780. The first-order valence-corrected chi connectivity index (χ1v) is 8.99. The van der Waals surface area contributed by atoms with Gasteiger partial charge in [-0.25, -0.2) is 0 Å². The van der Waals surface area contributed by atoms with E-state index in [4.69, 9.17) is 11.6 Å². The molecule has 0 spiro atoms. The second-order valence-electron chi connectivity index (χ2n) is 5.95. The van der Waals surface area contributed by atoms with E-state index in [1.165, 1.54) is 0 Å². The quantitative estimate of drug-likeness (QED) is 0.647. The van der Waals surface area contributed by atoms with Gasteiger partial charge in [0.15, 0.2) is 0 Å². The summed E-state index contributed by atoms with van der Waals surface area (Å²) in [6.07, 6.45) is 0. The van der Waals surface area contributed by atoms with Crippen LogP contribution in [-0.2, 0) is 11.3 Å². The Bertz CT molecular complexity index is 957. The van der Waals surface area contributed by atoms with Gasteiger partial charge < -0.3 is 10.6 Å². The molecule has 0 bridgehead atoms. The van der Waals surface area contributed by atoms with Crippen molar-refractivity contribution in [1.82, 2.24) is 5.32 Å². The lowest BCUT2D eigenvalue weighted by Crippen LogP contribution is -2.29. The van der Waals surface area contributed by atoms with Gasteiger partial charge in [0.1, 0.15) is 0 Å². The first-order valence-electron chi connectivity index (χ1n) is 8.61. The van der Waals surface area contributed by atoms with E-state index in [0.717, 1.165) is 22.4 Å². The first-order chi connectivity index (χ1) is 13.2. The van der Waals surface area contributed by atoms with Crippen LogP contribution in [0.25, 0.3) is 0 Å². The minimum Gasteiger partial charge on any atom is -0.376 e. The third-order valence-corrected chi connectivity index (χ3v) is 4.10. The van der Waals surface area contributed by atoms with Crippen molar-refractivity contribution in [3.05, 3.63) is 101 Å². The summed E-state index contributed by atoms with van der Waals surface area (Å²) >= 11 is 5.85. The molecule has 27 heavy (non-hydrogen) atoms. The van der Waals surface area contributed by atoms with Crippen LogP contribution < -0.4 is 10.6 Å². The second-order valence-corrected chi connectivity index (χ2v) is 6.39. The number of nitrogens with one attached hydrogen (secondary N) is 2. The summed E-state index contributed by atoms with van der Waals surface area (Å²) in [7, 11) is 0. The van der Waals surface area contributed by atoms with E-state index in [1.807, 2.05) is 78.9 Å². The Balaban J connectivity index is 1.51. The molecule has 0 saturated heterocycles. The first kappa shape index (κ1) is 18.6. The van der Waals surface area contributed by atoms with Gasteiger partial charge in [-0.15, -0.1) is 0 Å². The topological polar surface area (TPSA) is 41.1 Å². The zero-order chi connectivity index (χ0) is 18.9. The molecule has 0 fully saturated rings. The summed E-state index contributed by atoms with van der Waals surface area (Å²) < 4.78 is 0. The van der Waals surface area contributed by atoms with Gasteiger partial charge in [-0.05, 0) is 48.0 Å². The van der Waals surface area contributed by atoms with Gasteiger partial charge >= 0.3 is 0 Å². The molecule has 3 nitrogen and oxygen atoms in total. The maximum atomic E-state index is 12.0. The standard InChI is InChI=1S/C23H19ClN2O/c24-21-13-11-20(12-14-21)16-26-23(27)17-25-22-8-4-7-19(15-22)10-9-18-5-2-1-3-6-18/h1-8,11-15,25H,16-17H2,(H,26,27). The van der Waals surface area contributed by atoms with Crippen molar-refractivity contribution < 1.29 is 4.79 Å². The fourth-order valence-corrected chi connectivity index (χ4v) is 2.55.